The monoisotopic (exact) mass is 278 g/mol. The molecule has 0 bridgehead atoms. The van der Waals surface area contributed by atoms with Crippen LogP contribution in [-0.4, -0.2) is 15.1 Å². The van der Waals surface area contributed by atoms with Gasteiger partial charge in [-0.1, -0.05) is 23.4 Å². The summed E-state index contributed by atoms with van der Waals surface area (Å²) in [6, 6.07) is 13.1. The lowest BCUT2D eigenvalue weighted by Gasteiger charge is -1.93. The Hall–Kier alpha value is -3.15. The van der Waals surface area contributed by atoms with Gasteiger partial charge in [-0.25, -0.2) is 4.98 Å². The SMILES string of the molecule is Nc1ccc(-c2nc(-c3cc4ccccc4o3)no2)cn1. The van der Waals surface area contributed by atoms with Gasteiger partial charge in [0.05, 0.1) is 5.56 Å². The Morgan fingerprint density at radius 3 is 2.76 bits per heavy atom. The van der Waals surface area contributed by atoms with E-state index in [2.05, 4.69) is 15.1 Å². The van der Waals surface area contributed by atoms with Gasteiger partial charge in [0.2, 0.25) is 5.82 Å². The van der Waals surface area contributed by atoms with Gasteiger partial charge >= 0.3 is 0 Å². The minimum Gasteiger partial charge on any atom is -0.453 e. The number of fused-ring (bicyclic) bond motifs is 1. The molecule has 2 N–H and O–H groups in total. The van der Waals surface area contributed by atoms with Crippen molar-refractivity contribution in [1.29, 1.82) is 0 Å². The number of nitrogen functional groups attached to an aromatic ring is 1. The molecular weight excluding hydrogens is 268 g/mol. The van der Waals surface area contributed by atoms with Crippen molar-refractivity contribution in [1.82, 2.24) is 15.1 Å². The van der Waals surface area contributed by atoms with Crippen LogP contribution in [0.5, 0.6) is 0 Å². The first-order chi connectivity index (χ1) is 10.3. The average Bonchev–Trinajstić information content (AvgIpc) is 3.14. The summed E-state index contributed by atoms with van der Waals surface area (Å²) in [6.07, 6.45) is 1.59. The van der Waals surface area contributed by atoms with Crippen LogP contribution in [0.4, 0.5) is 5.82 Å². The molecule has 0 aliphatic rings. The quantitative estimate of drug-likeness (QED) is 0.605. The Morgan fingerprint density at radius 1 is 1.05 bits per heavy atom. The van der Waals surface area contributed by atoms with Crippen LogP contribution < -0.4 is 5.73 Å². The number of anilines is 1. The van der Waals surface area contributed by atoms with Crippen LogP contribution in [0.2, 0.25) is 0 Å². The number of rotatable bonds is 2. The fourth-order valence-corrected chi connectivity index (χ4v) is 2.06. The van der Waals surface area contributed by atoms with E-state index in [0.29, 0.717) is 28.9 Å². The Bertz CT molecular complexity index is 876. The number of aromatic nitrogens is 3. The van der Waals surface area contributed by atoms with Gasteiger partial charge in [0.25, 0.3) is 5.89 Å². The lowest BCUT2D eigenvalue weighted by atomic mass is 10.2. The molecule has 0 radical (unpaired) electrons. The van der Waals surface area contributed by atoms with Crippen molar-refractivity contribution in [3.8, 4) is 23.0 Å². The third-order valence-corrected chi connectivity index (χ3v) is 3.11. The predicted molar refractivity (Wildman–Crippen MR) is 77.1 cm³/mol. The number of nitrogens with two attached hydrogens (primary N) is 1. The normalized spacial score (nSPS) is 11.0. The average molecular weight is 278 g/mol. The number of pyridine rings is 1. The van der Waals surface area contributed by atoms with Gasteiger partial charge in [-0.2, -0.15) is 4.98 Å². The number of nitrogens with zero attached hydrogens (tertiary/aromatic N) is 3. The van der Waals surface area contributed by atoms with E-state index >= 15 is 0 Å². The van der Waals surface area contributed by atoms with Crippen LogP contribution in [0, 0.1) is 0 Å². The van der Waals surface area contributed by atoms with E-state index in [9.17, 15) is 0 Å². The van der Waals surface area contributed by atoms with Crippen molar-refractivity contribution in [2.45, 2.75) is 0 Å². The molecule has 3 aromatic heterocycles. The molecule has 0 saturated carbocycles. The first-order valence-electron chi connectivity index (χ1n) is 6.34. The predicted octanol–water partition coefficient (Wildman–Crippen LogP) is 3.13. The second kappa shape index (κ2) is 4.45. The Labute approximate surface area is 119 Å². The maximum absolute atomic E-state index is 5.70. The van der Waals surface area contributed by atoms with Crippen molar-refractivity contribution in [2.24, 2.45) is 0 Å². The van der Waals surface area contributed by atoms with Gasteiger partial charge in [-0.15, -0.1) is 0 Å². The summed E-state index contributed by atoms with van der Waals surface area (Å²) in [5.74, 6) is 1.78. The molecule has 0 fully saturated rings. The standard InChI is InChI=1S/C15H10N4O2/c16-13-6-5-10(8-17-13)15-18-14(19-21-15)12-7-9-3-1-2-4-11(9)20-12/h1-8H,(H2,16,17). The maximum atomic E-state index is 5.70. The summed E-state index contributed by atoms with van der Waals surface area (Å²) in [5.41, 5.74) is 7.04. The van der Waals surface area contributed by atoms with Gasteiger partial charge in [0.1, 0.15) is 11.4 Å². The van der Waals surface area contributed by atoms with Gasteiger partial charge in [0, 0.05) is 11.6 Å². The summed E-state index contributed by atoms with van der Waals surface area (Å²) < 4.78 is 10.9. The molecule has 0 atom stereocenters. The lowest BCUT2D eigenvalue weighted by Crippen LogP contribution is -1.88. The summed E-state index contributed by atoms with van der Waals surface area (Å²) in [5, 5.41) is 4.94. The highest BCUT2D eigenvalue weighted by atomic mass is 16.5. The van der Waals surface area contributed by atoms with Crippen LogP contribution in [0.3, 0.4) is 0 Å². The molecule has 6 heteroatoms. The lowest BCUT2D eigenvalue weighted by molar-refractivity contribution is 0.430. The zero-order valence-electron chi connectivity index (χ0n) is 10.9. The highest BCUT2D eigenvalue weighted by molar-refractivity contribution is 5.81. The molecule has 4 rings (SSSR count). The van der Waals surface area contributed by atoms with Crippen molar-refractivity contribution in [3.63, 3.8) is 0 Å². The third-order valence-electron chi connectivity index (χ3n) is 3.11. The van der Waals surface area contributed by atoms with E-state index in [1.165, 1.54) is 0 Å². The van der Waals surface area contributed by atoms with Crippen molar-refractivity contribution in [3.05, 3.63) is 48.7 Å². The highest BCUT2D eigenvalue weighted by Crippen LogP contribution is 2.27. The van der Waals surface area contributed by atoms with E-state index < -0.39 is 0 Å². The molecule has 0 spiro atoms. The molecule has 3 heterocycles. The van der Waals surface area contributed by atoms with Crippen LogP contribution >= 0.6 is 0 Å². The summed E-state index contributed by atoms with van der Waals surface area (Å²) in [6.45, 7) is 0. The van der Waals surface area contributed by atoms with Gasteiger partial charge in [-0.3, -0.25) is 0 Å². The Kier molecular flexibility index (Phi) is 2.47. The molecule has 6 nitrogen and oxygen atoms in total. The minimum atomic E-state index is 0.373. The topological polar surface area (TPSA) is 91.0 Å². The molecule has 21 heavy (non-hydrogen) atoms. The Morgan fingerprint density at radius 2 is 1.95 bits per heavy atom. The maximum Gasteiger partial charge on any atom is 0.259 e. The number of furan rings is 1. The van der Waals surface area contributed by atoms with Crippen LogP contribution in [0.25, 0.3) is 34.0 Å². The molecule has 0 amide bonds. The van der Waals surface area contributed by atoms with Crippen molar-refractivity contribution >= 4 is 16.8 Å². The third kappa shape index (κ3) is 2.02. The number of hydrogen-bond donors (Lipinski definition) is 1. The van der Waals surface area contributed by atoms with Crippen LogP contribution in [-0.2, 0) is 0 Å². The fourth-order valence-electron chi connectivity index (χ4n) is 2.06. The van der Waals surface area contributed by atoms with Gasteiger partial charge in [-0.05, 0) is 24.3 Å². The van der Waals surface area contributed by atoms with Crippen molar-refractivity contribution in [2.75, 3.05) is 5.73 Å². The fraction of sp³-hybridized carbons (Fsp3) is 0. The molecule has 102 valence electrons. The first kappa shape index (κ1) is 11.7. The van der Waals surface area contributed by atoms with Gasteiger partial charge in [0.15, 0.2) is 5.76 Å². The number of hydrogen-bond acceptors (Lipinski definition) is 6. The minimum absolute atomic E-state index is 0.373. The van der Waals surface area contributed by atoms with E-state index in [1.54, 1.807) is 18.3 Å². The molecule has 0 saturated heterocycles. The summed E-state index contributed by atoms with van der Waals surface area (Å²) in [7, 11) is 0. The smallest absolute Gasteiger partial charge is 0.259 e. The number of benzene rings is 1. The Balaban J connectivity index is 1.75. The molecule has 1 aromatic carbocycles. The molecule has 0 aliphatic carbocycles. The van der Waals surface area contributed by atoms with Crippen molar-refractivity contribution < 1.29 is 8.94 Å². The van der Waals surface area contributed by atoms with Crippen LogP contribution in [0.1, 0.15) is 0 Å². The molecule has 0 aliphatic heterocycles. The molecule has 4 aromatic rings. The highest BCUT2D eigenvalue weighted by Gasteiger charge is 2.14. The summed E-state index contributed by atoms with van der Waals surface area (Å²) in [4.78, 5) is 8.32. The number of para-hydroxylation sites is 1. The second-order valence-electron chi connectivity index (χ2n) is 4.54. The van der Waals surface area contributed by atoms with Crippen LogP contribution in [0.15, 0.2) is 57.6 Å². The first-order valence-corrected chi connectivity index (χ1v) is 6.34. The molecular formula is C15H10N4O2. The zero-order chi connectivity index (χ0) is 14.2. The van der Waals surface area contributed by atoms with E-state index in [-0.39, 0.29) is 0 Å². The summed E-state index contributed by atoms with van der Waals surface area (Å²) >= 11 is 0. The second-order valence-corrected chi connectivity index (χ2v) is 4.54. The zero-order valence-corrected chi connectivity index (χ0v) is 10.9. The van der Waals surface area contributed by atoms with E-state index in [4.69, 9.17) is 14.7 Å². The molecule has 0 unspecified atom stereocenters. The van der Waals surface area contributed by atoms with E-state index in [1.807, 2.05) is 30.3 Å². The van der Waals surface area contributed by atoms with E-state index in [0.717, 1.165) is 11.0 Å². The van der Waals surface area contributed by atoms with Gasteiger partial charge < -0.3 is 14.7 Å². The largest absolute Gasteiger partial charge is 0.453 e.